The summed E-state index contributed by atoms with van der Waals surface area (Å²) in [5.41, 5.74) is 0.227. The molecule has 1 aromatic rings. The third kappa shape index (κ3) is 3.64. The first-order valence-corrected chi connectivity index (χ1v) is 10.4. The van der Waals surface area contributed by atoms with Crippen LogP contribution >= 0.6 is 0 Å². The van der Waals surface area contributed by atoms with Crippen molar-refractivity contribution in [2.24, 2.45) is 0 Å². The van der Waals surface area contributed by atoms with Crippen molar-refractivity contribution in [3.05, 3.63) is 24.0 Å². The molecule has 0 spiro atoms. The van der Waals surface area contributed by atoms with Gasteiger partial charge in [-0.05, 0) is 57.3 Å². The molecule has 1 aromatic carbocycles. The van der Waals surface area contributed by atoms with Gasteiger partial charge in [0.25, 0.3) is 0 Å². The predicted molar refractivity (Wildman–Crippen MR) is 93.0 cm³/mol. The molecule has 0 bridgehead atoms. The smallest absolute Gasteiger partial charge is 0.245 e. The summed E-state index contributed by atoms with van der Waals surface area (Å²) >= 11 is 0. The number of sulfone groups is 1. The summed E-state index contributed by atoms with van der Waals surface area (Å²) in [6.45, 7) is 0.895. The number of hydrogen-bond acceptors (Lipinski definition) is 5. The normalized spacial score (nSPS) is 20.6. The van der Waals surface area contributed by atoms with Crippen LogP contribution < -0.4 is 15.4 Å². The molecular formula is C17H23FN2O4S. The molecule has 0 atom stereocenters. The molecule has 1 heterocycles. The molecule has 1 amide bonds. The van der Waals surface area contributed by atoms with E-state index < -0.39 is 26.3 Å². The van der Waals surface area contributed by atoms with E-state index >= 15 is 0 Å². The van der Waals surface area contributed by atoms with E-state index in [2.05, 4.69) is 10.6 Å². The predicted octanol–water partition coefficient (Wildman–Crippen LogP) is 1.86. The number of hydrogen-bond donors (Lipinski definition) is 2. The van der Waals surface area contributed by atoms with E-state index in [1.165, 1.54) is 18.2 Å². The number of benzene rings is 1. The first-order valence-electron chi connectivity index (χ1n) is 8.50. The lowest BCUT2D eigenvalue weighted by Crippen LogP contribution is -2.55. The summed E-state index contributed by atoms with van der Waals surface area (Å²) in [5.74, 6) is -1.02. The SMILES string of the molecule is CS(=O)(=O)C1(C(=O)Nc2ccc(OC3CCC3)c(F)c2)CCNCC1. The van der Waals surface area contributed by atoms with Crippen LogP contribution in [0.4, 0.5) is 10.1 Å². The first-order chi connectivity index (χ1) is 11.8. The topological polar surface area (TPSA) is 84.5 Å². The molecule has 1 saturated heterocycles. The van der Waals surface area contributed by atoms with Crippen LogP contribution in [-0.2, 0) is 14.6 Å². The van der Waals surface area contributed by atoms with Crippen LogP contribution in [0.15, 0.2) is 18.2 Å². The molecule has 2 N–H and O–H groups in total. The quantitative estimate of drug-likeness (QED) is 0.827. The van der Waals surface area contributed by atoms with Crippen LogP contribution in [-0.4, -0.2) is 44.5 Å². The number of piperidine rings is 1. The van der Waals surface area contributed by atoms with Gasteiger partial charge in [0.2, 0.25) is 5.91 Å². The minimum absolute atomic E-state index is 0.0539. The number of carbonyl (C=O) groups is 1. The Balaban J connectivity index is 1.76. The van der Waals surface area contributed by atoms with Gasteiger partial charge >= 0.3 is 0 Å². The second kappa shape index (κ2) is 6.92. The molecule has 138 valence electrons. The molecule has 25 heavy (non-hydrogen) atoms. The fourth-order valence-corrected chi connectivity index (χ4v) is 4.52. The number of nitrogens with one attached hydrogen (secondary N) is 2. The highest BCUT2D eigenvalue weighted by atomic mass is 32.2. The third-order valence-corrected chi connectivity index (χ3v) is 7.08. The van der Waals surface area contributed by atoms with E-state index in [-0.39, 0.29) is 30.4 Å². The van der Waals surface area contributed by atoms with Crippen LogP contribution in [0.25, 0.3) is 0 Å². The minimum Gasteiger partial charge on any atom is -0.487 e. The maximum Gasteiger partial charge on any atom is 0.245 e. The van der Waals surface area contributed by atoms with Crippen LogP contribution in [0.5, 0.6) is 5.75 Å². The highest BCUT2D eigenvalue weighted by Gasteiger charge is 2.48. The van der Waals surface area contributed by atoms with Crippen molar-refractivity contribution in [3.63, 3.8) is 0 Å². The molecule has 2 aliphatic rings. The van der Waals surface area contributed by atoms with Gasteiger partial charge in [0.05, 0.1) is 6.10 Å². The van der Waals surface area contributed by atoms with E-state index in [4.69, 9.17) is 4.74 Å². The summed E-state index contributed by atoms with van der Waals surface area (Å²) < 4.78 is 42.7. The molecule has 0 radical (unpaired) electrons. The van der Waals surface area contributed by atoms with E-state index in [0.717, 1.165) is 25.5 Å². The lowest BCUT2D eigenvalue weighted by atomic mass is 9.95. The van der Waals surface area contributed by atoms with Crippen LogP contribution in [0, 0.1) is 5.82 Å². The fraction of sp³-hybridized carbons (Fsp3) is 0.588. The molecule has 3 rings (SSSR count). The monoisotopic (exact) mass is 370 g/mol. The largest absolute Gasteiger partial charge is 0.487 e. The summed E-state index contributed by atoms with van der Waals surface area (Å²) in [6, 6.07) is 4.17. The Bertz CT molecular complexity index is 756. The second-order valence-electron chi connectivity index (χ2n) is 6.79. The Hall–Kier alpha value is -1.67. The average Bonchev–Trinajstić information content (AvgIpc) is 2.52. The number of carbonyl (C=O) groups excluding carboxylic acids is 1. The van der Waals surface area contributed by atoms with E-state index in [1.54, 1.807) is 0 Å². The third-order valence-electron chi connectivity index (χ3n) is 5.07. The second-order valence-corrected chi connectivity index (χ2v) is 9.11. The van der Waals surface area contributed by atoms with Gasteiger partial charge in [-0.25, -0.2) is 12.8 Å². The summed E-state index contributed by atoms with van der Waals surface area (Å²) in [5, 5.41) is 5.62. The molecule has 0 unspecified atom stereocenters. The highest BCUT2D eigenvalue weighted by molar-refractivity contribution is 7.92. The Morgan fingerprint density at radius 3 is 2.52 bits per heavy atom. The lowest BCUT2D eigenvalue weighted by molar-refractivity contribution is -0.119. The average molecular weight is 370 g/mol. The van der Waals surface area contributed by atoms with Crippen molar-refractivity contribution >= 4 is 21.4 Å². The highest BCUT2D eigenvalue weighted by Crippen LogP contribution is 2.31. The Morgan fingerprint density at radius 1 is 1.32 bits per heavy atom. The Labute approximate surface area is 147 Å². The van der Waals surface area contributed by atoms with Crippen molar-refractivity contribution in [2.75, 3.05) is 24.7 Å². The van der Waals surface area contributed by atoms with Gasteiger partial charge in [0, 0.05) is 18.0 Å². The van der Waals surface area contributed by atoms with Crippen LogP contribution in [0.1, 0.15) is 32.1 Å². The van der Waals surface area contributed by atoms with Gasteiger partial charge in [-0.1, -0.05) is 0 Å². The zero-order valence-electron chi connectivity index (χ0n) is 14.2. The summed E-state index contributed by atoms with van der Waals surface area (Å²) in [4.78, 5) is 12.7. The minimum atomic E-state index is -3.61. The number of anilines is 1. The van der Waals surface area contributed by atoms with Gasteiger partial charge < -0.3 is 15.4 Å². The summed E-state index contributed by atoms with van der Waals surface area (Å²) in [7, 11) is -3.61. The van der Waals surface area contributed by atoms with Gasteiger partial charge in [0.1, 0.15) is 0 Å². The first kappa shape index (κ1) is 18.1. The van der Waals surface area contributed by atoms with Gasteiger partial charge in [-0.3, -0.25) is 4.79 Å². The van der Waals surface area contributed by atoms with E-state index in [0.29, 0.717) is 13.1 Å². The van der Waals surface area contributed by atoms with Crippen molar-refractivity contribution < 1.29 is 22.3 Å². The number of amides is 1. The number of halogens is 1. The summed E-state index contributed by atoms with van der Waals surface area (Å²) in [6.07, 6.45) is 4.45. The molecule has 8 heteroatoms. The standard InChI is InChI=1S/C17H23FN2O4S/c1-25(22,23)17(7-9-19-10-8-17)16(21)20-12-5-6-15(14(18)11-12)24-13-3-2-4-13/h5-6,11,13,19H,2-4,7-10H2,1H3,(H,20,21). The van der Waals surface area contributed by atoms with Gasteiger partial charge in [0.15, 0.2) is 26.2 Å². The van der Waals surface area contributed by atoms with Crippen molar-refractivity contribution in [1.29, 1.82) is 0 Å². The van der Waals surface area contributed by atoms with Crippen molar-refractivity contribution in [3.8, 4) is 5.75 Å². The molecular weight excluding hydrogens is 347 g/mol. The maximum absolute atomic E-state index is 14.2. The van der Waals surface area contributed by atoms with Crippen molar-refractivity contribution in [1.82, 2.24) is 5.32 Å². The van der Waals surface area contributed by atoms with Crippen LogP contribution in [0.3, 0.4) is 0 Å². The molecule has 1 aliphatic carbocycles. The molecule has 1 aliphatic heterocycles. The number of ether oxygens (including phenoxy) is 1. The van der Waals surface area contributed by atoms with E-state index in [1.807, 2.05) is 0 Å². The zero-order valence-corrected chi connectivity index (χ0v) is 15.0. The molecule has 6 nitrogen and oxygen atoms in total. The zero-order chi connectivity index (χ0) is 18.1. The molecule has 2 fully saturated rings. The van der Waals surface area contributed by atoms with Crippen molar-refractivity contribution in [2.45, 2.75) is 43.0 Å². The fourth-order valence-electron chi connectivity index (χ4n) is 3.18. The molecule has 0 aromatic heterocycles. The van der Waals surface area contributed by atoms with E-state index in [9.17, 15) is 17.6 Å². The Kier molecular flexibility index (Phi) is 5.02. The number of rotatable bonds is 5. The lowest BCUT2D eigenvalue weighted by Gasteiger charge is -2.34. The van der Waals surface area contributed by atoms with Crippen LogP contribution in [0.2, 0.25) is 0 Å². The Morgan fingerprint density at radius 2 is 2.00 bits per heavy atom. The van der Waals surface area contributed by atoms with Gasteiger partial charge in [-0.15, -0.1) is 0 Å². The van der Waals surface area contributed by atoms with Gasteiger partial charge in [-0.2, -0.15) is 0 Å². The molecule has 1 saturated carbocycles. The maximum atomic E-state index is 14.2.